The number of pyridine rings is 2. The number of hydrogen-bond acceptors (Lipinski definition) is 2. The zero-order valence-corrected chi connectivity index (χ0v) is 31.0. The van der Waals surface area contributed by atoms with Crippen molar-refractivity contribution in [3.8, 4) is 22.5 Å². The number of aromatic nitrogens is 2. The van der Waals surface area contributed by atoms with Gasteiger partial charge in [0.15, 0.2) is 0 Å². The third kappa shape index (κ3) is 15.5. The van der Waals surface area contributed by atoms with Crippen LogP contribution in [-0.4, -0.2) is 9.97 Å². The molecule has 4 rings (SSSR count). The van der Waals surface area contributed by atoms with Crippen molar-refractivity contribution < 1.29 is 49.0 Å². The van der Waals surface area contributed by atoms with Gasteiger partial charge in [-0.05, 0) is 45.5 Å². The molecule has 0 atom stereocenters. The average Bonchev–Trinajstić information content (AvgIpc) is 2.79. The Morgan fingerprint density at radius 1 is 0.651 bits per heavy atom. The predicted octanol–water partition coefficient (Wildman–Crippen LogP) is 11.3. The van der Waals surface area contributed by atoms with E-state index in [-0.39, 0.29) is 101 Å². The summed E-state index contributed by atoms with van der Waals surface area (Å²) in [6, 6.07) is 21.9. The molecule has 0 aliphatic rings. The van der Waals surface area contributed by atoms with Crippen molar-refractivity contribution >= 4 is 0 Å². The Morgan fingerprint density at radius 2 is 1.12 bits per heavy atom. The minimum absolute atomic E-state index is 0. The second-order valence-corrected chi connectivity index (χ2v) is 10.7. The van der Waals surface area contributed by atoms with Crippen LogP contribution in [0.25, 0.3) is 22.5 Å². The van der Waals surface area contributed by atoms with E-state index in [1.165, 1.54) is 11.1 Å². The predicted molar refractivity (Wildman–Crippen MR) is 178 cm³/mol. The van der Waals surface area contributed by atoms with E-state index in [1.807, 2.05) is 24.4 Å². The molecule has 4 aromatic rings. The molecule has 2 nitrogen and oxygen atoms in total. The maximum atomic E-state index is 13.7. The van der Waals surface area contributed by atoms with E-state index in [0.29, 0.717) is 5.69 Å². The van der Waals surface area contributed by atoms with Gasteiger partial charge in [-0.25, -0.2) is 0 Å². The molecule has 2 heterocycles. The molecule has 2 aromatic heterocycles. The number of aryl methyl sites for hydroxylation is 1. The van der Waals surface area contributed by atoms with Gasteiger partial charge in [0.2, 0.25) is 0 Å². The van der Waals surface area contributed by atoms with E-state index in [2.05, 4.69) is 94.8 Å². The van der Waals surface area contributed by atoms with E-state index in [4.69, 9.17) is 0 Å². The van der Waals surface area contributed by atoms with Crippen LogP contribution >= 0.6 is 0 Å². The summed E-state index contributed by atoms with van der Waals surface area (Å²) < 4.78 is 26.5. The summed E-state index contributed by atoms with van der Waals surface area (Å²) >= 11 is 0. The maximum absolute atomic E-state index is 13.7. The molecule has 0 spiro atoms. The number of benzene rings is 2. The molecule has 0 saturated heterocycles. The first-order valence-electron chi connectivity index (χ1n) is 11.6. The Morgan fingerprint density at radius 3 is 1.56 bits per heavy atom. The Hall–Kier alpha value is -2.10. The van der Waals surface area contributed by atoms with Crippen LogP contribution in [0.4, 0.5) is 8.78 Å². The van der Waals surface area contributed by atoms with E-state index in [1.54, 1.807) is 6.20 Å². The monoisotopic (exact) mass is 948 g/mol. The Balaban J connectivity index is -0.000000134. The fraction of sp³-hybridized carbons (Fsp3) is 0.297. The van der Waals surface area contributed by atoms with Crippen molar-refractivity contribution in [2.45, 2.75) is 74.1 Å². The summed E-state index contributed by atoms with van der Waals surface area (Å²) in [7, 11) is 0. The number of hydrogen-bond donors (Lipinski definition) is 0. The van der Waals surface area contributed by atoms with E-state index < -0.39 is 11.6 Å². The summed E-state index contributed by atoms with van der Waals surface area (Å²) in [5.74, 6) is -1.28. The van der Waals surface area contributed by atoms with Crippen LogP contribution < -0.4 is 0 Å². The standard InChI is InChI=1S/C16H18N.C15H14F2N.2CH4.4CH3.2Ir/c1-12-6-5-7-13(10-12)15-11-14(8-9-17-15)16(2,3)4;1-15(2,3)10-6-7-18-14(8-10)12-5-4-11(16)9-13(12)17;;;;;;;;/h5-6,8-11H,1-4H3;4,6-9H,1-3H3;2*1H4;4*1H3;;/q2*-1;;;4*-1;2*+3. The molecule has 0 aliphatic heterocycles. The summed E-state index contributed by atoms with van der Waals surface area (Å²) in [6.45, 7) is 14.9. The van der Waals surface area contributed by atoms with Crippen LogP contribution in [0, 0.1) is 60.4 Å². The fourth-order valence-electron chi connectivity index (χ4n) is 3.45. The quantitative estimate of drug-likeness (QED) is 0.187. The van der Waals surface area contributed by atoms with Crippen LogP contribution in [-0.2, 0) is 51.0 Å². The van der Waals surface area contributed by atoms with Crippen molar-refractivity contribution in [3.05, 3.63) is 137 Å². The van der Waals surface area contributed by atoms with Gasteiger partial charge in [-0.15, -0.1) is 47.5 Å². The zero-order valence-electron chi connectivity index (χ0n) is 26.2. The number of halogens is 2. The van der Waals surface area contributed by atoms with Gasteiger partial charge in [-0.2, -0.15) is 0 Å². The fourth-order valence-corrected chi connectivity index (χ4v) is 3.45. The molecule has 0 N–H and O–H groups in total. The topological polar surface area (TPSA) is 25.8 Å². The van der Waals surface area contributed by atoms with Crippen molar-refractivity contribution in [2.75, 3.05) is 0 Å². The first-order chi connectivity index (χ1) is 16.3. The molecule has 0 bridgehead atoms. The van der Waals surface area contributed by atoms with Gasteiger partial charge in [0.05, 0.1) is 0 Å². The maximum Gasteiger partial charge on any atom is 3.00 e. The molecular formula is C37H52F2Ir2N2. The molecular weight excluding hydrogens is 895 g/mol. The molecule has 2 aromatic carbocycles. The van der Waals surface area contributed by atoms with Gasteiger partial charge < -0.3 is 39.7 Å². The molecule has 0 radical (unpaired) electrons. The second kappa shape index (κ2) is 22.4. The first kappa shape index (κ1) is 53.5. The average molecular weight is 947 g/mol. The molecule has 0 fully saturated rings. The van der Waals surface area contributed by atoms with Crippen molar-refractivity contribution in [2.24, 2.45) is 0 Å². The summed E-state index contributed by atoms with van der Waals surface area (Å²) in [5.41, 5.74) is 6.43. The van der Waals surface area contributed by atoms with Gasteiger partial charge in [0, 0.05) is 24.0 Å². The van der Waals surface area contributed by atoms with Crippen LogP contribution in [0.5, 0.6) is 0 Å². The van der Waals surface area contributed by atoms with Crippen molar-refractivity contribution in [3.63, 3.8) is 0 Å². The zero-order chi connectivity index (χ0) is 25.8. The molecule has 43 heavy (non-hydrogen) atoms. The first-order valence-corrected chi connectivity index (χ1v) is 11.6. The summed E-state index contributed by atoms with van der Waals surface area (Å²) in [6.07, 6.45) is 3.51. The van der Waals surface area contributed by atoms with Crippen molar-refractivity contribution in [1.82, 2.24) is 9.97 Å². The normalized spacial score (nSPS) is 9.42. The van der Waals surface area contributed by atoms with Gasteiger partial charge in [-0.3, -0.25) is 8.78 Å². The SMILES string of the molecule is C.C.CC(C)(C)c1ccnc(-c2[c-]cc(F)cc2F)c1.Cc1cc[c-]c(-c2cc(C(C)(C)C)ccn2)c1.[CH3-].[CH3-].[CH3-].[CH3-].[Ir+3].[Ir+3]. The Bertz CT molecular complexity index is 1310. The van der Waals surface area contributed by atoms with Crippen LogP contribution in [0.3, 0.4) is 0 Å². The minimum Gasteiger partial charge on any atom is -0.358 e. The Kier molecular flexibility index (Phi) is 27.9. The Labute approximate surface area is 291 Å². The largest absolute Gasteiger partial charge is 3.00 e. The van der Waals surface area contributed by atoms with Crippen LogP contribution in [0.1, 0.15) is 73.1 Å². The smallest absolute Gasteiger partial charge is 0.358 e. The molecule has 0 saturated carbocycles. The number of nitrogens with zero attached hydrogens (tertiary/aromatic N) is 2. The van der Waals surface area contributed by atoms with Gasteiger partial charge in [0.1, 0.15) is 0 Å². The van der Waals surface area contributed by atoms with E-state index in [9.17, 15) is 8.78 Å². The minimum atomic E-state index is -0.645. The second-order valence-electron chi connectivity index (χ2n) is 10.7. The van der Waals surface area contributed by atoms with Crippen LogP contribution in [0.15, 0.2) is 67.0 Å². The third-order valence-corrected chi connectivity index (χ3v) is 5.60. The van der Waals surface area contributed by atoms with Gasteiger partial charge >= 0.3 is 40.2 Å². The molecule has 0 unspecified atom stereocenters. The third-order valence-electron chi connectivity index (χ3n) is 5.60. The molecule has 6 heteroatoms. The summed E-state index contributed by atoms with van der Waals surface area (Å²) in [5, 5.41) is 0. The van der Waals surface area contributed by atoms with E-state index in [0.717, 1.165) is 29.0 Å². The van der Waals surface area contributed by atoms with Gasteiger partial charge in [0.25, 0.3) is 0 Å². The van der Waals surface area contributed by atoms with E-state index >= 15 is 0 Å². The molecule has 242 valence electrons. The number of rotatable bonds is 2. The van der Waals surface area contributed by atoms with Crippen molar-refractivity contribution in [1.29, 1.82) is 0 Å². The molecule has 0 amide bonds. The van der Waals surface area contributed by atoms with Crippen LogP contribution in [0.2, 0.25) is 0 Å². The molecule has 0 aliphatic carbocycles. The summed E-state index contributed by atoms with van der Waals surface area (Å²) in [4.78, 5) is 8.55. The van der Waals surface area contributed by atoms with Gasteiger partial charge in [-0.1, -0.05) is 87.1 Å².